The standard InChI is InChI=1S/C15H15BrO3/c16-9-12(10-1-4-13(17)5-2-10)7-11-3-6-14(18)8-15(11)19/h1-6,8,12,17-19H,7,9H2/t12-/m1/s1. The van der Waals surface area contributed by atoms with Gasteiger partial charge in [-0.1, -0.05) is 34.1 Å². The van der Waals surface area contributed by atoms with Gasteiger partial charge in [-0.25, -0.2) is 0 Å². The molecule has 2 aromatic rings. The molecule has 0 amide bonds. The van der Waals surface area contributed by atoms with E-state index < -0.39 is 0 Å². The Labute approximate surface area is 120 Å². The molecule has 2 rings (SSSR count). The first-order chi connectivity index (χ1) is 9.10. The van der Waals surface area contributed by atoms with Gasteiger partial charge in [-0.15, -0.1) is 0 Å². The van der Waals surface area contributed by atoms with Crippen molar-refractivity contribution in [2.24, 2.45) is 0 Å². The molecule has 19 heavy (non-hydrogen) atoms. The minimum atomic E-state index is 0.0567. The highest BCUT2D eigenvalue weighted by molar-refractivity contribution is 9.09. The van der Waals surface area contributed by atoms with Crippen LogP contribution in [0.4, 0.5) is 0 Å². The summed E-state index contributed by atoms with van der Waals surface area (Å²) in [5.74, 6) is 0.589. The maximum absolute atomic E-state index is 9.81. The maximum atomic E-state index is 9.81. The molecule has 2 aromatic carbocycles. The molecular formula is C15H15BrO3. The van der Waals surface area contributed by atoms with Gasteiger partial charge in [0.2, 0.25) is 0 Å². The summed E-state index contributed by atoms with van der Waals surface area (Å²) in [7, 11) is 0. The minimum Gasteiger partial charge on any atom is -0.508 e. The molecule has 0 spiro atoms. The SMILES string of the molecule is Oc1ccc([C@@H](CBr)Cc2ccc(O)cc2O)cc1. The quantitative estimate of drug-likeness (QED) is 0.755. The number of alkyl halides is 1. The number of phenols is 3. The Morgan fingerprint density at radius 1 is 0.895 bits per heavy atom. The molecule has 0 heterocycles. The smallest absolute Gasteiger partial charge is 0.122 e. The molecule has 0 aromatic heterocycles. The zero-order valence-corrected chi connectivity index (χ0v) is 11.8. The summed E-state index contributed by atoms with van der Waals surface area (Å²) in [6, 6.07) is 11.7. The summed E-state index contributed by atoms with van der Waals surface area (Å²) >= 11 is 3.47. The lowest BCUT2D eigenvalue weighted by atomic mass is 9.93. The molecule has 0 aliphatic heterocycles. The van der Waals surface area contributed by atoms with Crippen molar-refractivity contribution in [1.29, 1.82) is 0 Å². The summed E-state index contributed by atoms with van der Waals surface area (Å²) in [6.45, 7) is 0. The molecule has 1 atom stereocenters. The van der Waals surface area contributed by atoms with Gasteiger partial charge in [0.25, 0.3) is 0 Å². The van der Waals surface area contributed by atoms with E-state index in [-0.39, 0.29) is 23.2 Å². The summed E-state index contributed by atoms with van der Waals surface area (Å²) in [6.07, 6.45) is 0.655. The molecule has 4 heteroatoms. The molecule has 0 bridgehead atoms. The number of aromatic hydroxyl groups is 3. The van der Waals surface area contributed by atoms with Gasteiger partial charge in [-0.3, -0.25) is 0 Å². The second kappa shape index (κ2) is 5.97. The van der Waals surface area contributed by atoms with Crippen LogP contribution in [0.3, 0.4) is 0 Å². The lowest BCUT2D eigenvalue weighted by Crippen LogP contribution is -2.04. The van der Waals surface area contributed by atoms with Gasteiger partial charge >= 0.3 is 0 Å². The van der Waals surface area contributed by atoms with Crippen molar-refractivity contribution >= 4 is 15.9 Å². The van der Waals surface area contributed by atoms with E-state index in [0.717, 1.165) is 16.5 Å². The van der Waals surface area contributed by atoms with E-state index in [1.54, 1.807) is 24.3 Å². The summed E-state index contributed by atoms with van der Waals surface area (Å²) in [5, 5.41) is 29.1. The number of halogens is 1. The lowest BCUT2D eigenvalue weighted by Gasteiger charge is -2.15. The van der Waals surface area contributed by atoms with Crippen LogP contribution >= 0.6 is 15.9 Å². The van der Waals surface area contributed by atoms with Crippen LogP contribution in [0.1, 0.15) is 17.0 Å². The highest BCUT2D eigenvalue weighted by Crippen LogP contribution is 2.30. The van der Waals surface area contributed by atoms with E-state index in [9.17, 15) is 15.3 Å². The predicted octanol–water partition coefficient (Wildman–Crippen LogP) is 3.52. The van der Waals surface area contributed by atoms with Crippen molar-refractivity contribution in [3.8, 4) is 17.2 Å². The number of rotatable bonds is 4. The third-order valence-corrected chi connectivity index (χ3v) is 3.87. The maximum Gasteiger partial charge on any atom is 0.122 e. The number of hydrogen-bond acceptors (Lipinski definition) is 3. The Kier molecular flexibility index (Phi) is 4.32. The van der Waals surface area contributed by atoms with Crippen LogP contribution in [0.2, 0.25) is 0 Å². The fourth-order valence-electron chi connectivity index (χ4n) is 2.00. The van der Waals surface area contributed by atoms with E-state index in [2.05, 4.69) is 15.9 Å². The van der Waals surface area contributed by atoms with Crippen LogP contribution < -0.4 is 0 Å². The van der Waals surface area contributed by atoms with Gasteiger partial charge in [-0.05, 0) is 41.7 Å². The Balaban J connectivity index is 2.21. The average molecular weight is 323 g/mol. The fraction of sp³-hybridized carbons (Fsp3) is 0.200. The van der Waals surface area contributed by atoms with Crippen molar-refractivity contribution in [2.45, 2.75) is 12.3 Å². The molecule has 0 aliphatic rings. The van der Waals surface area contributed by atoms with E-state index >= 15 is 0 Å². The second-order valence-corrected chi connectivity index (χ2v) is 5.11. The van der Waals surface area contributed by atoms with Crippen LogP contribution in [0.5, 0.6) is 17.2 Å². The summed E-state index contributed by atoms with van der Waals surface area (Å²) in [4.78, 5) is 0. The van der Waals surface area contributed by atoms with Gasteiger partial charge in [-0.2, -0.15) is 0 Å². The van der Waals surface area contributed by atoms with Crippen molar-refractivity contribution in [3.05, 3.63) is 53.6 Å². The topological polar surface area (TPSA) is 60.7 Å². The van der Waals surface area contributed by atoms with Gasteiger partial charge in [0.05, 0.1) is 0 Å². The molecule has 3 N–H and O–H groups in total. The molecule has 0 unspecified atom stereocenters. The second-order valence-electron chi connectivity index (χ2n) is 4.46. The van der Waals surface area contributed by atoms with Gasteiger partial charge < -0.3 is 15.3 Å². The number of hydrogen-bond donors (Lipinski definition) is 3. The van der Waals surface area contributed by atoms with E-state index in [0.29, 0.717) is 6.42 Å². The minimum absolute atomic E-state index is 0.0567. The average Bonchev–Trinajstić information content (AvgIpc) is 2.39. The first kappa shape index (κ1) is 13.7. The Hall–Kier alpha value is -1.68. The molecule has 0 fully saturated rings. The third-order valence-electron chi connectivity index (χ3n) is 3.09. The van der Waals surface area contributed by atoms with E-state index in [1.165, 1.54) is 6.07 Å². The van der Waals surface area contributed by atoms with Crippen LogP contribution in [0, 0.1) is 0 Å². The summed E-state index contributed by atoms with van der Waals surface area (Å²) in [5.41, 5.74) is 1.87. The third kappa shape index (κ3) is 3.41. The molecule has 0 aliphatic carbocycles. The Morgan fingerprint density at radius 3 is 2.11 bits per heavy atom. The van der Waals surface area contributed by atoms with Crippen LogP contribution in [0.15, 0.2) is 42.5 Å². The highest BCUT2D eigenvalue weighted by atomic mass is 79.9. The van der Waals surface area contributed by atoms with E-state index in [1.807, 2.05) is 12.1 Å². The monoisotopic (exact) mass is 322 g/mol. The van der Waals surface area contributed by atoms with Crippen molar-refractivity contribution in [3.63, 3.8) is 0 Å². The highest BCUT2D eigenvalue weighted by Gasteiger charge is 2.13. The number of phenolic OH excluding ortho intramolecular Hbond substituents is 3. The van der Waals surface area contributed by atoms with Gasteiger partial charge in [0.15, 0.2) is 0 Å². The Morgan fingerprint density at radius 2 is 1.53 bits per heavy atom. The van der Waals surface area contributed by atoms with Crippen molar-refractivity contribution in [2.75, 3.05) is 5.33 Å². The van der Waals surface area contributed by atoms with E-state index in [4.69, 9.17) is 0 Å². The molecule has 0 saturated carbocycles. The molecular weight excluding hydrogens is 308 g/mol. The largest absolute Gasteiger partial charge is 0.508 e. The van der Waals surface area contributed by atoms with Gasteiger partial charge in [0.1, 0.15) is 17.2 Å². The predicted molar refractivity (Wildman–Crippen MR) is 78.1 cm³/mol. The first-order valence-electron chi connectivity index (χ1n) is 5.96. The molecule has 0 radical (unpaired) electrons. The van der Waals surface area contributed by atoms with Crippen LogP contribution in [0.25, 0.3) is 0 Å². The molecule has 0 saturated heterocycles. The van der Waals surface area contributed by atoms with Gasteiger partial charge in [0, 0.05) is 11.4 Å². The Bertz CT molecular complexity index is 552. The van der Waals surface area contributed by atoms with Crippen LogP contribution in [-0.4, -0.2) is 20.6 Å². The lowest BCUT2D eigenvalue weighted by molar-refractivity contribution is 0.444. The van der Waals surface area contributed by atoms with Crippen molar-refractivity contribution < 1.29 is 15.3 Å². The zero-order valence-electron chi connectivity index (χ0n) is 10.3. The van der Waals surface area contributed by atoms with Crippen molar-refractivity contribution in [1.82, 2.24) is 0 Å². The van der Waals surface area contributed by atoms with Crippen LogP contribution in [-0.2, 0) is 6.42 Å². The molecule has 3 nitrogen and oxygen atoms in total. The zero-order chi connectivity index (χ0) is 13.8. The summed E-state index contributed by atoms with van der Waals surface area (Å²) < 4.78 is 0. The molecule has 100 valence electrons. The normalized spacial score (nSPS) is 12.3. The fourth-order valence-corrected chi connectivity index (χ4v) is 2.60. The number of benzene rings is 2. The first-order valence-corrected chi connectivity index (χ1v) is 7.08.